The van der Waals surface area contributed by atoms with Gasteiger partial charge in [0.1, 0.15) is 0 Å². The van der Waals surface area contributed by atoms with Gasteiger partial charge in [-0.15, -0.1) is 0 Å². The molecular weight excluding hydrogens is 312 g/mol. The van der Waals surface area contributed by atoms with Gasteiger partial charge < -0.3 is 5.32 Å². The molecule has 4 aliphatic carbocycles. The van der Waals surface area contributed by atoms with Crippen LogP contribution in [0.4, 0.5) is 5.00 Å². The molecule has 6 heteroatoms. The molecule has 1 N–H and O–H groups in total. The molecule has 1 aromatic rings. The molecule has 4 saturated carbocycles. The molecule has 0 radical (unpaired) electrons. The molecule has 1 atom stereocenters. The van der Waals surface area contributed by atoms with E-state index in [1.54, 1.807) is 6.07 Å². The van der Waals surface area contributed by atoms with Gasteiger partial charge in [-0.05, 0) is 74.7 Å². The van der Waals surface area contributed by atoms with E-state index < -0.39 is 4.92 Å². The summed E-state index contributed by atoms with van der Waals surface area (Å²) in [6, 6.07) is 3.11. The fraction of sp³-hybridized carbons (Fsp3) is 0.706. The van der Waals surface area contributed by atoms with E-state index in [0.717, 1.165) is 29.1 Å². The van der Waals surface area contributed by atoms with Crippen molar-refractivity contribution >= 4 is 22.2 Å². The smallest absolute Gasteiger partial charge is 0.324 e. The van der Waals surface area contributed by atoms with Gasteiger partial charge in [0.25, 0.3) is 5.91 Å². The first-order valence-corrected chi connectivity index (χ1v) is 9.32. The van der Waals surface area contributed by atoms with E-state index in [1.165, 1.54) is 44.6 Å². The van der Waals surface area contributed by atoms with Gasteiger partial charge in [0.15, 0.2) is 0 Å². The van der Waals surface area contributed by atoms with E-state index in [0.29, 0.717) is 4.88 Å². The van der Waals surface area contributed by atoms with Crippen LogP contribution in [0.5, 0.6) is 0 Å². The Labute approximate surface area is 139 Å². The van der Waals surface area contributed by atoms with E-state index in [1.807, 2.05) is 0 Å². The number of thiophene rings is 1. The highest BCUT2D eigenvalue weighted by atomic mass is 32.1. The molecule has 0 aromatic carbocycles. The van der Waals surface area contributed by atoms with E-state index in [2.05, 4.69) is 12.2 Å². The molecule has 4 fully saturated rings. The summed E-state index contributed by atoms with van der Waals surface area (Å²) in [5.74, 6) is 2.39. The average molecular weight is 334 g/mol. The maximum Gasteiger partial charge on any atom is 0.324 e. The van der Waals surface area contributed by atoms with Crippen molar-refractivity contribution in [3.8, 4) is 0 Å². The van der Waals surface area contributed by atoms with Crippen molar-refractivity contribution in [3.05, 3.63) is 27.1 Å². The number of nitrogens with one attached hydrogen (secondary N) is 1. The van der Waals surface area contributed by atoms with Crippen molar-refractivity contribution in [1.82, 2.24) is 5.32 Å². The number of rotatable bonds is 4. The highest BCUT2D eigenvalue weighted by Gasteiger charge is 2.53. The van der Waals surface area contributed by atoms with Gasteiger partial charge >= 0.3 is 5.00 Å². The Kier molecular flexibility index (Phi) is 3.48. The van der Waals surface area contributed by atoms with Gasteiger partial charge in [0, 0.05) is 12.1 Å². The third-order valence-corrected chi connectivity index (χ3v) is 7.38. The molecule has 1 amide bonds. The Morgan fingerprint density at radius 2 is 1.83 bits per heavy atom. The number of amides is 1. The number of carbonyl (C=O) groups is 1. The molecule has 4 aliphatic rings. The zero-order valence-corrected chi connectivity index (χ0v) is 14.1. The van der Waals surface area contributed by atoms with Crippen LogP contribution in [-0.2, 0) is 0 Å². The standard InChI is InChI=1S/C17H22N2O3S/c1-10(18-16(20)14-2-3-15(23-14)19(21)22)17-7-11-4-12(8-17)6-13(5-11)9-17/h2-3,10-13H,4-9H2,1H3,(H,18,20). The minimum atomic E-state index is -0.441. The number of nitro groups is 1. The molecule has 0 aliphatic heterocycles. The highest BCUT2D eigenvalue weighted by molar-refractivity contribution is 7.17. The second-order valence-corrected chi connectivity index (χ2v) is 8.93. The Hall–Kier alpha value is -1.43. The van der Waals surface area contributed by atoms with Gasteiger partial charge in [0.05, 0.1) is 9.80 Å². The second kappa shape index (κ2) is 5.30. The van der Waals surface area contributed by atoms with Crippen LogP contribution in [0.15, 0.2) is 12.1 Å². The van der Waals surface area contributed by atoms with Crippen LogP contribution in [0.1, 0.15) is 55.1 Å². The Balaban J connectivity index is 1.48. The summed E-state index contributed by atoms with van der Waals surface area (Å²) >= 11 is 0.957. The predicted octanol–water partition coefficient (Wildman–Crippen LogP) is 3.99. The Morgan fingerprint density at radius 3 is 2.30 bits per heavy atom. The Morgan fingerprint density at radius 1 is 1.26 bits per heavy atom. The van der Waals surface area contributed by atoms with Crippen molar-refractivity contribution in [2.45, 2.75) is 51.5 Å². The Bertz CT molecular complexity index is 619. The van der Waals surface area contributed by atoms with Crippen molar-refractivity contribution < 1.29 is 9.72 Å². The summed E-state index contributed by atoms with van der Waals surface area (Å²) < 4.78 is 0. The molecule has 23 heavy (non-hydrogen) atoms. The van der Waals surface area contributed by atoms with Gasteiger partial charge in [-0.2, -0.15) is 0 Å². The molecule has 1 unspecified atom stereocenters. The summed E-state index contributed by atoms with van der Waals surface area (Å²) in [5, 5.41) is 14.0. The number of hydrogen-bond donors (Lipinski definition) is 1. The molecule has 0 spiro atoms. The van der Waals surface area contributed by atoms with Gasteiger partial charge in [-0.3, -0.25) is 14.9 Å². The average Bonchev–Trinajstić information content (AvgIpc) is 2.95. The normalized spacial score (nSPS) is 36.0. The lowest BCUT2D eigenvalue weighted by Gasteiger charge is -2.59. The van der Waals surface area contributed by atoms with Crippen LogP contribution < -0.4 is 5.32 Å². The number of carbonyl (C=O) groups excluding carboxylic acids is 1. The van der Waals surface area contributed by atoms with Crippen LogP contribution in [0.3, 0.4) is 0 Å². The second-order valence-electron chi connectivity index (χ2n) is 7.87. The van der Waals surface area contributed by atoms with Crippen molar-refractivity contribution in [1.29, 1.82) is 0 Å². The maximum atomic E-state index is 12.5. The monoisotopic (exact) mass is 334 g/mol. The van der Waals surface area contributed by atoms with Crippen molar-refractivity contribution in [2.75, 3.05) is 0 Å². The molecule has 5 nitrogen and oxygen atoms in total. The maximum absolute atomic E-state index is 12.5. The third kappa shape index (κ3) is 2.57. The molecule has 0 saturated heterocycles. The largest absolute Gasteiger partial charge is 0.348 e. The van der Waals surface area contributed by atoms with Gasteiger partial charge in [-0.25, -0.2) is 0 Å². The van der Waals surface area contributed by atoms with Crippen molar-refractivity contribution in [2.24, 2.45) is 23.2 Å². The zero-order chi connectivity index (χ0) is 16.2. The van der Waals surface area contributed by atoms with Gasteiger partial charge in [-0.1, -0.05) is 11.3 Å². The van der Waals surface area contributed by atoms with Gasteiger partial charge in [0.2, 0.25) is 0 Å². The first-order chi connectivity index (χ1) is 10.9. The van der Waals surface area contributed by atoms with Crippen LogP contribution in [-0.4, -0.2) is 16.9 Å². The summed E-state index contributed by atoms with van der Waals surface area (Å²) in [6.07, 6.45) is 7.88. The van der Waals surface area contributed by atoms with E-state index in [-0.39, 0.29) is 22.4 Å². The minimum absolute atomic E-state index is 0.0256. The van der Waals surface area contributed by atoms with Crippen LogP contribution in [0.25, 0.3) is 0 Å². The highest BCUT2D eigenvalue weighted by Crippen LogP contribution is 2.61. The SMILES string of the molecule is CC(NC(=O)c1ccc([N+](=O)[O-])s1)C12CC3CC(CC(C3)C1)C2. The zero-order valence-electron chi connectivity index (χ0n) is 13.3. The number of hydrogen-bond acceptors (Lipinski definition) is 4. The summed E-state index contributed by atoms with van der Waals surface area (Å²) in [7, 11) is 0. The fourth-order valence-electron chi connectivity index (χ4n) is 5.68. The van der Waals surface area contributed by atoms with Crippen LogP contribution in [0, 0.1) is 33.3 Å². The minimum Gasteiger partial charge on any atom is -0.348 e. The summed E-state index contributed by atoms with van der Waals surface area (Å²) in [5.41, 5.74) is 0.258. The van der Waals surface area contributed by atoms with E-state index >= 15 is 0 Å². The lowest BCUT2D eigenvalue weighted by atomic mass is 9.48. The summed E-state index contributed by atoms with van der Waals surface area (Å²) in [6.45, 7) is 2.13. The van der Waals surface area contributed by atoms with E-state index in [4.69, 9.17) is 0 Å². The molecular formula is C17H22N2O3S. The van der Waals surface area contributed by atoms with Crippen molar-refractivity contribution in [3.63, 3.8) is 0 Å². The van der Waals surface area contributed by atoms with E-state index in [9.17, 15) is 14.9 Å². The first kappa shape index (κ1) is 15.1. The molecule has 5 rings (SSSR count). The van der Waals surface area contributed by atoms with Crippen LogP contribution in [0.2, 0.25) is 0 Å². The first-order valence-electron chi connectivity index (χ1n) is 8.50. The third-order valence-electron chi connectivity index (χ3n) is 6.35. The fourth-order valence-corrected chi connectivity index (χ4v) is 6.40. The lowest BCUT2D eigenvalue weighted by Crippen LogP contribution is -2.55. The van der Waals surface area contributed by atoms with Crippen LogP contribution >= 0.6 is 11.3 Å². The number of nitrogens with zero attached hydrogens (tertiary/aromatic N) is 1. The predicted molar refractivity (Wildman–Crippen MR) is 88.5 cm³/mol. The molecule has 1 heterocycles. The lowest BCUT2D eigenvalue weighted by molar-refractivity contribution is -0.380. The molecule has 1 aromatic heterocycles. The topological polar surface area (TPSA) is 72.2 Å². The molecule has 124 valence electrons. The summed E-state index contributed by atoms with van der Waals surface area (Å²) in [4.78, 5) is 23.2. The quantitative estimate of drug-likeness (QED) is 0.668. The molecule has 4 bridgehead atoms.